The lowest BCUT2D eigenvalue weighted by molar-refractivity contribution is 0.596. The zero-order chi connectivity index (χ0) is 21.5. The number of hydrogen-bond donors (Lipinski definition) is 1. The minimum absolute atomic E-state index is 0.154. The topological polar surface area (TPSA) is 112 Å². The Morgan fingerprint density at radius 1 is 1.10 bits per heavy atom. The molecular formula is C21H17N5O2S2. The highest BCUT2D eigenvalue weighted by molar-refractivity contribution is 7.98. The molecule has 0 unspecified atom stereocenters. The Bertz CT molecular complexity index is 1420. The molecule has 1 N–H and O–H groups in total. The number of nitrogens with one attached hydrogen (secondary N) is 1. The Balaban J connectivity index is 2.07. The van der Waals surface area contributed by atoms with Gasteiger partial charge in [0.05, 0.1) is 21.0 Å². The molecule has 0 spiro atoms. The quantitative estimate of drug-likeness (QED) is 0.380. The van der Waals surface area contributed by atoms with Crippen molar-refractivity contribution < 1.29 is 8.42 Å². The lowest BCUT2D eigenvalue weighted by atomic mass is 10.1. The Labute approximate surface area is 178 Å². The Morgan fingerprint density at radius 3 is 2.50 bits per heavy atom. The van der Waals surface area contributed by atoms with Crippen molar-refractivity contribution in [3.8, 4) is 17.3 Å². The average Bonchev–Trinajstić information content (AvgIpc) is 3.16. The molecule has 30 heavy (non-hydrogen) atoms. The second-order valence-electron chi connectivity index (χ2n) is 6.74. The van der Waals surface area contributed by atoms with E-state index in [2.05, 4.69) is 26.0 Å². The molecule has 0 saturated carbocycles. The third kappa shape index (κ3) is 3.24. The van der Waals surface area contributed by atoms with Gasteiger partial charge in [-0.1, -0.05) is 29.5 Å². The second-order valence-corrected chi connectivity index (χ2v) is 9.40. The first-order chi connectivity index (χ1) is 14.4. The largest absolute Gasteiger partial charge is 0.345 e. The first-order valence-electron chi connectivity index (χ1n) is 8.96. The van der Waals surface area contributed by atoms with Crippen LogP contribution in [0.25, 0.3) is 22.3 Å². The highest BCUT2D eigenvalue weighted by Crippen LogP contribution is 2.37. The maximum absolute atomic E-state index is 13.6. The van der Waals surface area contributed by atoms with Crippen molar-refractivity contribution in [2.45, 2.75) is 28.8 Å². The number of nitriles is 1. The fraction of sp³-hybridized carbons (Fsp3) is 0.143. The lowest BCUT2D eigenvalue weighted by Crippen LogP contribution is -2.06. The van der Waals surface area contributed by atoms with Crippen LogP contribution < -0.4 is 0 Å². The minimum Gasteiger partial charge on any atom is -0.345 e. The van der Waals surface area contributed by atoms with Crippen LogP contribution >= 0.6 is 11.8 Å². The first kappa shape index (κ1) is 20.1. The number of aromatic amines is 1. The number of nitrogens with zero attached hydrogens (tertiary/aromatic N) is 4. The summed E-state index contributed by atoms with van der Waals surface area (Å²) in [6, 6.07) is 8.82. The summed E-state index contributed by atoms with van der Waals surface area (Å²) in [6.07, 6.45) is 6.45. The molecule has 7 nitrogen and oxygen atoms in total. The molecule has 0 aliphatic carbocycles. The van der Waals surface area contributed by atoms with Gasteiger partial charge in [0.15, 0.2) is 5.16 Å². The van der Waals surface area contributed by atoms with Gasteiger partial charge in [0, 0.05) is 29.5 Å². The van der Waals surface area contributed by atoms with Gasteiger partial charge in [0.2, 0.25) is 9.84 Å². The molecule has 0 bridgehead atoms. The molecule has 0 aliphatic rings. The number of aromatic nitrogens is 4. The second kappa shape index (κ2) is 7.55. The van der Waals surface area contributed by atoms with Crippen molar-refractivity contribution in [1.29, 1.82) is 5.26 Å². The molecule has 1 aromatic carbocycles. The molecule has 9 heteroatoms. The predicted molar refractivity (Wildman–Crippen MR) is 115 cm³/mol. The summed E-state index contributed by atoms with van der Waals surface area (Å²) < 4.78 is 27.2. The highest BCUT2D eigenvalue weighted by Gasteiger charge is 2.27. The van der Waals surface area contributed by atoms with E-state index in [4.69, 9.17) is 0 Å². The van der Waals surface area contributed by atoms with Crippen molar-refractivity contribution in [3.63, 3.8) is 0 Å². The van der Waals surface area contributed by atoms with Gasteiger partial charge in [-0.2, -0.15) is 5.26 Å². The molecule has 3 heterocycles. The van der Waals surface area contributed by atoms with Crippen LogP contribution in [-0.2, 0) is 9.84 Å². The monoisotopic (exact) mass is 435 g/mol. The molecule has 0 radical (unpaired) electrons. The fourth-order valence-electron chi connectivity index (χ4n) is 3.28. The number of sulfone groups is 1. The SMILES string of the molecule is CSc1ncc(C#N)c(-c2c[nH]c3ncc(C)c(S(=O)(=O)c4ccc(C)cc4)c23)n1. The van der Waals surface area contributed by atoms with E-state index in [1.54, 1.807) is 37.4 Å². The van der Waals surface area contributed by atoms with Gasteiger partial charge in [-0.05, 0) is 37.8 Å². The van der Waals surface area contributed by atoms with Crippen LogP contribution in [0, 0.1) is 25.2 Å². The maximum Gasteiger partial charge on any atom is 0.207 e. The van der Waals surface area contributed by atoms with Gasteiger partial charge in [0.1, 0.15) is 11.7 Å². The number of fused-ring (bicyclic) bond motifs is 1. The maximum atomic E-state index is 13.6. The predicted octanol–water partition coefficient (Wildman–Crippen LogP) is 4.06. The number of rotatable bonds is 4. The smallest absolute Gasteiger partial charge is 0.207 e. The van der Waals surface area contributed by atoms with E-state index in [-0.39, 0.29) is 15.4 Å². The van der Waals surface area contributed by atoms with E-state index in [1.165, 1.54) is 24.2 Å². The van der Waals surface area contributed by atoms with E-state index in [9.17, 15) is 13.7 Å². The van der Waals surface area contributed by atoms with Gasteiger partial charge < -0.3 is 4.98 Å². The molecule has 3 aromatic heterocycles. The Morgan fingerprint density at radius 2 is 1.83 bits per heavy atom. The van der Waals surface area contributed by atoms with E-state index >= 15 is 0 Å². The van der Waals surface area contributed by atoms with Gasteiger partial charge in [-0.25, -0.2) is 23.4 Å². The van der Waals surface area contributed by atoms with Crippen molar-refractivity contribution in [3.05, 3.63) is 59.5 Å². The molecule has 4 rings (SSSR count). The Hall–Kier alpha value is -3.22. The van der Waals surface area contributed by atoms with Crippen LogP contribution in [0.2, 0.25) is 0 Å². The average molecular weight is 436 g/mol. The van der Waals surface area contributed by atoms with Crippen LogP contribution in [0.3, 0.4) is 0 Å². The molecule has 0 fully saturated rings. The fourth-order valence-corrected chi connectivity index (χ4v) is 5.30. The summed E-state index contributed by atoms with van der Waals surface area (Å²) in [5, 5.41) is 10.5. The number of H-pyrrole nitrogens is 1. The van der Waals surface area contributed by atoms with Crippen molar-refractivity contribution in [2.24, 2.45) is 0 Å². The zero-order valence-corrected chi connectivity index (χ0v) is 18.1. The molecule has 0 aliphatic heterocycles. The van der Waals surface area contributed by atoms with Crippen LogP contribution in [0.4, 0.5) is 0 Å². The molecular weight excluding hydrogens is 418 g/mol. The summed E-state index contributed by atoms with van der Waals surface area (Å²) in [5.41, 5.74) is 3.03. The summed E-state index contributed by atoms with van der Waals surface area (Å²) in [5.74, 6) is 0. The van der Waals surface area contributed by atoms with E-state index in [0.717, 1.165) is 5.56 Å². The summed E-state index contributed by atoms with van der Waals surface area (Å²) in [7, 11) is -3.84. The molecule has 150 valence electrons. The van der Waals surface area contributed by atoms with Crippen molar-refractivity contribution >= 4 is 32.6 Å². The van der Waals surface area contributed by atoms with Gasteiger partial charge >= 0.3 is 0 Å². The van der Waals surface area contributed by atoms with Gasteiger partial charge in [-0.3, -0.25) is 0 Å². The van der Waals surface area contributed by atoms with Crippen LogP contribution in [0.1, 0.15) is 16.7 Å². The summed E-state index contributed by atoms with van der Waals surface area (Å²) >= 11 is 1.34. The minimum atomic E-state index is -3.84. The third-order valence-corrected chi connectivity index (χ3v) is 7.27. The molecule has 0 saturated heterocycles. The summed E-state index contributed by atoms with van der Waals surface area (Å²) in [6.45, 7) is 3.61. The van der Waals surface area contributed by atoms with E-state index in [1.807, 2.05) is 13.2 Å². The Kier molecular flexibility index (Phi) is 5.05. The number of aryl methyl sites for hydroxylation is 2. The highest BCUT2D eigenvalue weighted by atomic mass is 32.2. The number of thioether (sulfide) groups is 1. The number of pyridine rings is 1. The van der Waals surface area contributed by atoms with Crippen molar-refractivity contribution in [1.82, 2.24) is 19.9 Å². The van der Waals surface area contributed by atoms with Crippen LogP contribution in [-0.4, -0.2) is 34.6 Å². The normalized spacial score (nSPS) is 11.5. The summed E-state index contributed by atoms with van der Waals surface area (Å²) in [4.78, 5) is 16.4. The van der Waals surface area contributed by atoms with Crippen LogP contribution in [0.5, 0.6) is 0 Å². The molecule has 0 amide bonds. The van der Waals surface area contributed by atoms with Gasteiger partial charge in [0.25, 0.3) is 0 Å². The lowest BCUT2D eigenvalue weighted by Gasteiger charge is -2.11. The third-order valence-electron chi connectivity index (χ3n) is 4.76. The molecule has 0 atom stereocenters. The first-order valence-corrected chi connectivity index (χ1v) is 11.7. The number of benzene rings is 1. The number of hydrogen-bond acceptors (Lipinski definition) is 7. The zero-order valence-electron chi connectivity index (χ0n) is 16.5. The van der Waals surface area contributed by atoms with Crippen molar-refractivity contribution in [2.75, 3.05) is 6.26 Å². The van der Waals surface area contributed by atoms with E-state index in [0.29, 0.717) is 33.0 Å². The van der Waals surface area contributed by atoms with Crippen LogP contribution in [0.15, 0.2) is 57.8 Å². The molecule has 4 aromatic rings. The standard InChI is InChI=1S/C21H17N5O2S2/c1-12-4-6-15(7-5-12)30(27,28)19-13(2)9-23-20-17(19)16(11-24-20)18-14(8-22)10-25-21(26-18)29-3/h4-7,9-11H,1-3H3,(H,23,24). The van der Waals surface area contributed by atoms with Gasteiger partial charge in [-0.15, -0.1) is 0 Å². The van der Waals surface area contributed by atoms with E-state index < -0.39 is 9.84 Å².